The van der Waals surface area contributed by atoms with E-state index in [1.54, 1.807) is 17.4 Å². The van der Waals surface area contributed by atoms with Crippen LogP contribution in [0.15, 0.2) is 35.7 Å². The molecule has 0 fully saturated rings. The third-order valence-electron chi connectivity index (χ3n) is 2.79. The van der Waals surface area contributed by atoms with Gasteiger partial charge in [-0.1, -0.05) is 6.07 Å². The van der Waals surface area contributed by atoms with Crippen molar-refractivity contribution in [1.82, 2.24) is 0 Å². The van der Waals surface area contributed by atoms with Crippen molar-refractivity contribution in [3.63, 3.8) is 0 Å². The Bertz CT molecular complexity index is 558. The molecule has 0 aliphatic rings. The van der Waals surface area contributed by atoms with E-state index in [2.05, 4.69) is 11.4 Å². The number of hydrogen-bond acceptors (Lipinski definition) is 3. The van der Waals surface area contributed by atoms with Crippen molar-refractivity contribution in [3.8, 4) is 6.07 Å². The van der Waals surface area contributed by atoms with Gasteiger partial charge in [0.1, 0.15) is 11.9 Å². The number of likely N-dealkylation sites (N-methyl/N-ethyl adjacent to an activating group) is 1. The lowest BCUT2D eigenvalue weighted by Gasteiger charge is -2.19. The molecule has 2 nitrogen and oxygen atoms in total. The van der Waals surface area contributed by atoms with Gasteiger partial charge in [-0.2, -0.15) is 5.26 Å². The van der Waals surface area contributed by atoms with Gasteiger partial charge in [0.15, 0.2) is 0 Å². The molecule has 0 unspecified atom stereocenters. The molecule has 0 saturated carbocycles. The van der Waals surface area contributed by atoms with Gasteiger partial charge in [-0.25, -0.2) is 4.39 Å². The van der Waals surface area contributed by atoms with Crippen LogP contribution >= 0.6 is 11.3 Å². The second-order valence-electron chi connectivity index (χ2n) is 4.03. The maximum atomic E-state index is 13.5. The molecule has 0 radical (unpaired) electrons. The highest BCUT2D eigenvalue weighted by molar-refractivity contribution is 7.09. The van der Waals surface area contributed by atoms with Crippen molar-refractivity contribution in [2.45, 2.75) is 6.42 Å². The monoisotopic (exact) mass is 260 g/mol. The van der Waals surface area contributed by atoms with E-state index in [1.165, 1.54) is 17.0 Å². The van der Waals surface area contributed by atoms with Crippen LogP contribution in [0.5, 0.6) is 0 Å². The molecule has 0 saturated heterocycles. The van der Waals surface area contributed by atoms with Gasteiger partial charge in [0, 0.05) is 24.2 Å². The first-order chi connectivity index (χ1) is 8.70. The fourth-order valence-corrected chi connectivity index (χ4v) is 2.39. The minimum absolute atomic E-state index is 0.0883. The van der Waals surface area contributed by atoms with Crippen molar-refractivity contribution in [2.24, 2.45) is 0 Å². The van der Waals surface area contributed by atoms with Crippen molar-refractivity contribution < 1.29 is 4.39 Å². The minimum atomic E-state index is -0.460. The van der Waals surface area contributed by atoms with Crippen LogP contribution in [0, 0.1) is 17.1 Å². The normalized spacial score (nSPS) is 10.1. The predicted molar refractivity (Wildman–Crippen MR) is 72.4 cm³/mol. The summed E-state index contributed by atoms with van der Waals surface area (Å²) in [6.45, 7) is 0.825. The zero-order valence-corrected chi connectivity index (χ0v) is 10.9. The number of halogens is 1. The van der Waals surface area contributed by atoms with E-state index in [4.69, 9.17) is 5.26 Å². The quantitative estimate of drug-likeness (QED) is 0.842. The second-order valence-corrected chi connectivity index (χ2v) is 5.06. The Morgan fingerprint density at radius 2 is 2.22 bits per heavy atom. The summed E-state index contributed by atoms with van der Waals surface area (Å²) in [4.78, 5) is 3.31. The molecule has 18 heavy (non-hydrogen) atoms. The number of anilines is 1. The zero-order chi connectivity index (χ0) is 13.0. The molecule has 4 heteroatoms. The fourth-order valence-electron chi connectivity index (χ4n) is 1.69. The third-order valence-corrected chi connectivity index (χ3v) is 3.72. The summed E-state index contributed by atoms with van der Waals surface area (Å²) in [5.74, 6) is -0.460. The lowest BCUT2D eigenvalue weighted by Crippen LogP contribution is -2.20. The molecule has 0 aliphatic carbocycles. The molecule has 0 spiro atoms. The van der Waals surface area contributed by atoms with Crippen molar-refractivity contribution in [1.29, 1.82) is 5.26 Å². The molecule has 0 bridgehead atoms. The van der Waals surface area contributed by atoms with Crippen molar-refractivity contribution in [3.05, 3.63) is 52.0 Å². The Hall–Kier alpha value is -1.86. The number of benzene rings is 1. The summed E-state index contributed by atoms with van der Waals surface area (Å²) in [5, 5.41) is 10.7. The highest BCUT2D eigenvalue weighted by atomic mass is 32.1. The molecular formula is C14H13FN2S. The topological polar surface area (TPSA) is 27.0 Å². The summed E-state index contributed by atoms with van der Waals surface area (Å²) in [6.07, 6.45) is 0.940. The molecule has 2 aromatic rings. The van der Waals surface area contributed by atoms with Gasteiger partial charge in [0.25, 0.3) is 0 Å². The summed E-state index contributed by atoms with van der Waals surface area (Å²) in [7, 11) is 1.93. The number of thiophene rings is 1. The zero-order valence-electron chi connectivity index (χ0n) is 10.1. The number of nitriles is 1. The number of rotatable bonds is 4. The highest BCUT2D eigenvalue weighted by Crippen LogP contribution is 2.18. The fraction of sp³-hybridized carbons (Fsp3) is 0.214. The van der Waals surface area contributed by atoms with Gasteiger partial charge in [-0.3, -0.25) is 0 Å². The van der Waals surface area contributed by atoms with Gasteiger partial charge in [-0.15, -0.1) is 11.3 Å². The van der Waals surface area contributed by atoms with Crippen LogP contribution in [0.25, 0.3) is 0 Å². The Kier molecular flexibility index (Phi) is 3.96. The smallest absolute Gasteiger partial charge is 0.143 e. The van der Waals surface area contributed by atoms with E-state index >= 15 is 0 Å². The first-order valence-electron chi connectivity index (χ1n) is 5.64. The van der Waals surface area contributed by atoms with Crippen LogP contribution < -0.4 is 4.90 Å². The number of hydrogen-bond donors (Lipinski definition) is 0. The van der Waals surface area contributed by atoms with Crippen LogP contribution in [0.3, 0.4) is 0 Å². The molecule has 2 rings (SSSR count). The minimum Gasteiger partial charge on any atom is -0.374 e. The molecule has 0 aliphatic heterocycles. The molecule has 0 N–H and O–H groups in total. The summed E-state index contributed by atoms with van der Waals surface area (Å²) in [6, 6.07) is 10.7. The summed E-state index contributed by atoms with van der Waals surface area (Å²) < 4.78 is 13.5. The highest BCUT2D eigenvalue weighted by Gasteiger charge is 2.06. The third kappa shape index (κ3) is 2.88. The largest absolute Gasteiger partial charge is 0.374 e. The summed E-state index contributed by atoms with van der Waals surface area (Å²) in [5.41, 5.74) is 0.883. The Labute approximate surface area is 110 Å². The molecule has 92 valence electrons. The van der Waals surface area contributed by atoms with Crippen LogP contribution in [0.1, 0.15) is 10.4 Å². The molecule has 1 aromatic carbocycles. The summed E-state index contributed by atoms with van der Waals surface area (Å²) >= 11 is 1.73. The van der Waals surface area contributed by atoms with Gasteiger partial charge < -0.3 is 4.90 Å². The van der Waals surface area contributed by atoms with Crippen LogP contribution in [-0.4, -0.2) is 13.6 Å². The van der Waals surface area contributed by atoms with E-state index in [-0.39, 0.29) is 5.56 Å². The average molecular weight is 260 g/mol. The molecule has 1 heterocycles. The van der Waals surface area contributed by atoms with Gasteiger partial charge in [0.2, 0.25) is 0 Å². The lowest BCUT2D eigenvalue weighted by atomic mass is 10.2. The Balaban J connectivity index is 2.03. The van der Waals surface area contributed by atoms with Crippen LogP contribution in [0.2, 0.25) is 0 Å². The van der Waals surface area contributed by atoms with Crippen molar-refractivity contribution >= 4 is 17.0 Å². The predicted octanol–water partition coefficient (Wildman–Crippen LogP) is 3.44. The van der Waals surface area contributed by atoms with Gasteiger partial charge in [-0.05, 0) is 36.1 Å². The Morgan fingerprint density at radius 1 is 1.39 bits per heavy atom. The molecule has 0 atom stereocenters. The number of nitrogens with zero attached hydrogens (tertiary/aromatic N) is 2. The maximum absolute atomic E-state index is 13.5. The standard InChI is InChI=1S/C14H13FN2S/c1-17(7-6-13-3-2-8-18-13)12-5-4-11(10-16)14(15)9-12/h2-5,8-9H,6-7H2,1H3. The van der Waals surface area contributed by atoms with E-state index in [9.17, 15) is 4.39 Å². The van der Waals surface area contributed by atoms with Crippen LogP contribution in [-0.2, 0) is 6.42 Å². The molecule has 0 amide bonds. The van der Waals surface area contributed by atoms with Crippen molar-refractivity contribution in [2.75, 3.05) is 18.5 Å². The van der Waals surface area contributed by atoms with Gasteiger partial charge in [0.05, 0.1) is 5.56 Å². The molecule has 1 aromatic heterocycles. The van der Waals surface area contributed by atoms with Gasteiger partial charge >= 0.3 is 0 Å². The second kappa shape index (κ2) is 5.65. The van der Waals surface area contributed by atoms with E-state index < -0.39 is 5.82 Å². The average Bonchev–Trinajstić information content (AvgIpc) is 2.89. The van der Waals surface area contributed by atoms with E-state index in [1.807, 2.05) is 24.1 Å². The van der Waals surface area contributed by atoms with E-state index in [0.29, 0.717) is 0 Å². The van der Waals surface area contributed by atoms with E-state index in [0.717, 1.165) is 18.7 Å². The SMILES string of the molecule is CN(CCc1cccs1)c1ccc(C#N)c(F)c1. The maximum Gasteiger partial charge on any atom is 0.143 e. The first-order valence-corrected chi connectivity index (χ1v) is 6.52. The first kappa shape index (κ1) is 12.6. The van der Waals surface area contributed by atoms with Crippen LogP contribution in [0.4, 0.5) is 10.1 Å². The molecular weight excluding hydrogens is 247 g/mol. The Morgan fingerprint density at radius 3 is 2.83 bits per heavy atom. The lowest BCUT2D eigenvalue weighted by molar-refractivity contribution is 0.623.